The summed E-state index contributed by atoms with van der Waals surface area (Å²) in [5.74, 6) is -0.312. The van der Waals surface area contributed by atoms with Crippen molar-refractivity contribution < 1.29 is 13.2 Å². The van der Waals surface area contributed by atoms with Crippen molar-refractivity contribution >= 4 is 27.5 Å². The molecule has 2 N–H and O–H groups in total. The molecule has 0 saturated heterocycles. The van der Waals surface area contributed by atoms with Crippen LogP contribution in [0, 0.1) is 0 Å². The largest absolute Gasteiger partial charge is 0.347 e. The molecule has 7 heteroatoms. The lowest BCUT2D eigenvalue weighted by atomic mass is 10.1. The third-order valence-electron chi connectivity index (χ3n) is 3.49. The predicted octanol–water partition coefficient (Wildman–Crippen LogP) is 3.39. The van der Waals surface area contributed by atoms with Crippen LogP contribution >= 0.6 is 11.6 Å². The maximum absolute atomic E-state index is 12.5. The van der Waals surface area contributed by atoms with Gasteiger partial charge in [-0.3, -0.25) is 4.79 Å². The molecule has 0 saturated carbocycles. The molecule has 0 spiro atoms. The van der Waals surface area contributed by atoms with E-state index in [1.165, 1.54) is 12.1 Å². The second-order valence-corrected chi connectivity index (χ2v) is 9.21. The van der Waals surface area contributed by atoms with Crippen LogP contribution in [0.15, 0.2) is 53.4 Å². The monoisotopic (exact) mass is 394 g/mol. The van der Waals surface area contributed by atoms with Gasteiger partial charge in [0.15, 0.2) is 0 Å². The van der Waals surface area contributed by atoms with Crippen molar-refractivity contribution in [1.82, 2.24) is 10.0 Å². The number of halogens is 1. The summed E-state index contributed by atoms with van der Waals surface area (Å²) in [6, 6.07) is 13.3. The van der Waals surface area contributed by atoms with Crippen LogP contribution in [0.5, 0.6) is 0 Å². The number of benzene rings is 2. The number of carbonyl (C=O) groups is 1. The van der Waals surface area contributed by atoms with Crippen molar-refractivity contribution in [3.05, 3.63) is 64.7 Å². The van der Waals surface area contributed by atoms with Crippen LogP contribution in [-0.4, -0.2) is 26.4 Å². The molecule has 0 atom stereocenters. The van der Waals surface area contributed by atoms with E-state index in [-0.39, 0.29) is 17.3 Å². The average Bonchev–Trinajstić information content (AvgIpc) is 2.53. The summed E-state index contributed by atoms with van der Waals surface area (Å²) >= 11 is 5.93. The van der Waals surface area contributed by atoms with Crippen molar-refractivity contribution in [1.29, 1.82) is 0 Å². The maximum atomic E-state index is 12.5. The molecule has 5 nitrogen and oxygen atoms in total. The Kier molecular flexibility index (Phi) is 6.44. The molecule has 140 valence electrons. The summed E-state index contributed by atoms with van der Waals surface area (Å²) in [5.41, 5.74) is 0.845. The highest BCUT2D eigenvalue weighted by atomic mass is 35.5. The lowest BCUT2D eigenvalue weighted by Crippen LogP contribution is -2.40. The maximum Gasteiger partial charge on any atom is 0.251 e. The highest BCUT2D eigenvalue weighted by Gasteiger charge is 2.18. The van der Waals surface area contributed by atoms with Gasteiger partial charge in [-0.2, -0.15) is 0 Å². The standard InChI is InChI=1S/C19H23ClN2O3S/c1-19(2,3)22-18(23)15-7-5-9-17(13-15)26(24,25)21-11-10-14-6-4-8-16(20)12-14/h4-9,12-13,21H,10-11H2,1-3H3,(H,22,23). The molecule has 0 bridgehead atoms. The van der Waals surface area contributed by atoms with Gasteiger partial charge in [-0.15, -0.1) is 0 Å². The molecule has 2 rings (SSSR count). The predicted molar refractivity (Wildman–Crippen MR) is 104 cm³/mol. The minimum atomic E-state index is -3.70. The summed E-state index contributed by atoms with van der Waals surface area (Å²) in [6.07, 6.45) is 0.518. The molecular weight excluding hydrogens is 372 g/mol. The van der Waals surface area contributed by atoms with Gasteiger partial charge in [0.05, 0.1) is 4.90 Å². The molecule has 0 aromatic heterocycles. The molecule has 0 aliphatic carbocycles. The number of rotatable bonds is 6. The Hall–Kier alpha value is -1.89. The fourth-order valence-electron chi connectivity index (χ4n) is 2.32. The number of nitrogens with one attached hydrogen (secondary N) is 2. The van der Waals surface area contributed by atoms with Gasteiger partial charge in [-0.25, -0.2) is 13.1 Å². The zero-order valence-corrected chi connectivity index (χ0v) is 16.6. The summed E-state index contributed by atoms with van der Waals surface area (Å²) in [4.78, 5) is 12.3. The van der Waals surface area contributed by atoms with Crippen LogP contribution in [0.1, 0.15) is 36.7 Å². The van der Waals surface area contributed by atoms with E-state index in [0.717, 1.165) is 5.56 Å². The van der Waals surface area contributed by atoms with Crippen LogP contribution < -0.4 is 10.0 Å². The van der Waals surface area contributed by atoms with Crippen molar-refractivity contribution in [3.63, 3.8) is 0 Å². The molecule has 0 fully saturated rings. The average molecular weight is 395 g/mol. The van der Waals surface area contributed by atoms with E-state index >= 15 is 0 Å². The highest BCUT2D eigenvalue weighted by Crippen LogP contribution is 2.14. The number of carbonyl (C=O) groups excluding carboxylic acids is 1. The quantitative estimate of drug-likeness (QED) is 0.788. The second kappa shape index (κ2) is 8.20. The smallest absolute Gasteiger partial charge is 0.251 e. The van der Waals surface area contributed by atoms with Crippen molar-refractivity contribution in [3.8, 4) is 0 Å². The molecule has 0 aliphatic heterocycles. The number of sulfonamides is 1. The van der Waals surface area contributed by atoms with Gasteiger partial charge >= 0.3 is 0 Å². The first kappa shape index (κ1) is 20.4. The molecule has 0 heterocycles. The third-order valence-corrected chi connectivity index (χ3v) is 5.18. The topological polar surface area (TPSA) is 75.3 Å². The van der Waals surface area contributed by atoms with Gasteiger partial charge in [-0.1, -0.05) is 29.8 Å². The number of amides is 1. The fraction of sp³-hybridized carbons (Fsp3) is 0.316. The Balaban J connectivity index is 2.06. The van der Waals surface area contributed by atoms with E-state index < -0.39 is 15.6 Å². The first-order chi connectivity index (χ1) is 12.1. The zero-order valence-electron chi connectivity index (χ0n) is 15.0. The Morgan fingerprint density at radius 2 is 1.77 bits per heavy atom. The SMILES string of the molecule is CC(C)(C)NC(=O)c1cccc(S(=O)(=O)NCCc2cccc(Cl)c2)c1. The van der Waals surface area contributed by atoms with E-state index in [1.54, 1.807) is 24.3 Å². The van der Waals surface area contributed by atoms with Crippen molar-refractivity contribution in [2.75, 3.05) is 6.54 Å². The molecule has 0 unspecified atom stereocenters. The second-order valence-electron chi connectivity index (χ2n) is 7.01. The Labute approximate surface area is 159 Å². The molecule has 26 heavy (non-hydrogen) atoms. The molecule has 1 amide bonds. The van der Waals surface area contributed by atoms with E-state index in [1.807, 2.05) is 32.9 Å². The third kappa shape index (κ3) is 6.12. The molecule has 2 aromatic carbocycles. The van der Waals surface area contributed by atoms with Crippen LogP contribution in [0.3, 0.4) is 0 Å². The molecular formula is C19H23ClN2O3S. The van der Waals surface area contributed by atoms with Gasteiger partial charge < -0.3 is 5.32 Å². The van der Waals surface area contributed by atoms with Crippen LogP contribution in [0.4, 0.5) is 0 Å². The van der Waals surface area contributed by atoms with Gasteiger partial charge in [0, 0.05) is 22.7 Å². The summed E-state index contributed by atoms with van der Waals surface area (Å²) in [7, 11) is -3.70. The summed E-state index contributed by atoms with van der Waals surface area (Å²) in [6.45, 7) is 5.83. The van der Waals surface area contributed by atoms with Crippen LogP contribution in [-0.2, 0) is 16.4 Å². The fourth-order valence-corrected chi connectivity index (χ4v) is 3.61. The van der Waals surface area contributed by atoms with E-state index in [9.17, 15) is 13.2 Å². The first-order valence-corrected chi connectivity index (χ1v) is 10.1. The molecule has 2 aromatic rings. The summed E-state index contributed by atoms with van der Waals surface area (Å²) in [5, 5.41) is 3.43. The summed E-state index contributed by atoms with van der Waals surface area (Å²) < 4.78 is 27.5. The Bertz CT molecular complexity index is 890. The van der Waals surface area contributed by atoms with E-state index in [2.05, 4.69) is 10.0 Å². The minimum absolute atomic E-state index is 0.0603. The zero-order chi connectivity index (χ0) is 19.4. The van der Waals surface area contributed by atoms with Crippen molar-refractivity contribution in [2.45, 2.75) is 37.6 Å². The lowest BCUT2D eigenvalue weighted by Gasteiger charge is -2.20. The number of hydrogen-bond acceptors (Lipinski definition) is 3. The van der Waals surface area contributed by atoms with Gasteiger partial charge in [0.2, 0.25) is 10.0 Å². The minimum Gasteiger partial charge on any atom is -0.347 e. The highest BCUT2D eigenvalue weighted by molar-refractivity contribution is 7.89. The first-order valence-electron chi connectivity index (χ1n) is 8.23. The van der Waals surface area contributed by atoms with Crippen LogP contribution in [0.25, 0.3) is 0 Å². The lowest BCUT2D eigenvalue weighted by molar-refractivity contribution is 0.0919. The van der Waals surface area contributed by atoms with E-state index in [0.29, 0.717) is 17.0 Å². The number of hydrogen-bond donors (Lipinski definition) is 2. The van der Waals surface area contributed by atoms with Crippen molar-refractivity contribution in [2.24, 2.45) is 0 Å². The van der Waals surface area contributed by atoms with Gasteiger partial charge in [-0.05, 0) is 63.1 Å². The Morgan fingerprint density at radius 3 is 2.42 bits per heavy atom. The van der Waals surface area contributed by atoms with Crippen LogP contribution in [0.2, 0.25) is 5.02 Å². The van der Waals surface area contributed by atoms with E-state index in [4.69, 9.17) is 11.6 Å². The Morgan fingerprint density at radius 1 is 1.08 bits per heavy atom. The molecule has 0 radical (unpaired) electrons. The van der Waals surface area contributed by atoms with Gasteiger partial charge in [0.25, 0.3) is 5.91 Å². The van der Waals surface area contributed by atoms with Gasteiger partial charge in [0.1, 0.15) is 0 Å². The molecule has 0 aliphatic rings. The normalized spacial score (nSPS) is 12.0.